The molecule has 0 aliphatic rings. The third-order valence-electron chi connectivity index (χ3n) is 2.48. The lowest BCUT2D eigenvalue weighted by molar-refractivity contribution is -0.132. The Hall–Kier alpha value is -0.833. The molecule has 0 fully saturated rings. The van der Waals surface area contributed by atoms with Crippen molar-refractivity contribution in [2.75, 3.05) is 7.11 Å². The highest BCUT2D eigenvalue weighted by atomic mass is 28.4. The van der Waals surface area contributed by atoms with Gasteiger partial charge in [-0.05, 0) is 24.7 Å². The monoisotopic (exact) mass is 214 g/mol. The molecule has 4 heteroatoms. The van der Waals surface area contributed by atoms with E-state index in [9.17, 15) is 4.79 Å². The summed E-state index contributed by atoms with van der Waals surface area (Å²) in [6.07, 6.45) is 0. The normalized spacial score (nSPS) is 10.6. The van der Waals surface area contributed by atoms with Crippen LogP contribution in [0.1, 0.15) is 20.8 Å². The van der Waals surface area contributed by atoms with Crippen LogP contribution in [-0.2, 0) is 9.22 Å². The molecule has 0 aromatic rings. The van der Waals surface area contributed by atoms with Crippen molar-refractivity contribution in [3.8, 4) is 0 Å². The Morgan fingerprint density at radius 2 is 2.00 bits per heavy atom. The molecule has 0 amide bonds. The highest BCUT2D eigenvalue weighted by molar-refractivity contribution is 6.78. The molecule has 0 bridgehead atoms. The van der Waals surface area contributed by atoms with Gasteiger partial charge in [-0.1, -0.05) is 13.8 Å². The summed E-state index contributed by atoms with van der Waals surface area (Å²) >= 11 is 0. The molecule has 0 aromatic heterocycles. The minimum absolute atomic E-state index is 0.237. The number of carboxylic acids is 1. The van der Waals surface area contributed by atoms with Crippen LogP contribution in [0.4, 0.5) is 0 Å². The molecule has 0 rings (SSSR count). The second-order valence-electron chi connectivity index (χ2n) is 3.19. The summed E-state index contributed by atoms with van der Waals surface area (Å²) in [5, 5.41) is 8.65. The Balaban J connectivity index is 4.92. The van der Waals surface area contributed by atoms with Gasteiger partial charge in [-0.3, -0.25) is 0 Å². The van der Waals surface area contributed by atoms with Gasteiger partial charge in [-0.15, -0.1) is 5.73 Å². The molecule has 0 atom stereocenters. The second-order valence-corrected chi connectivity index (χ2v) is 7.44. The molecule has 0 aromatic carbocycles. The Morgan fingerprint density at radius 3 is 2.29 bits per heavy atom. The van der Waals surface area contributed by atoms with Gasteiger partial charge in [0.15, 0.2) is 0 Å². The number of rotatable bonds is 5. The van der Waals surface area contributed by atoms with Gasteiger partial charge in [-0.25, -0.2) is 4.79 Å². The quantitative estimate of drug-likeness (QED) is 0.434. The number of hydrogen-bond acceptors (Lipinski definition) is 2. The molecule has 1 N–H and O–H groups in total. The molecule has 0 spiro atoms. The highest BCUT2D eigenvalue weighted by Gasteiger charge is 2.26. The average molecular weight is 214 g/mol. The number of hydrogen-bond donors (Lipinski definition) is 1. The first-order valence-electron chi connectivity index (χ1n) is 4.74. The van der Waals surface area contributed by atoms with Crippen molar-refractivity contribution in [3.05, 3.63) is 17.0 Å². The van der Waals surface area contributed by atoms with Crippen LogP contribution in [0.15, 0.2) is 17.0 Å². The predicted octanol–water partition coefficient (Wildman–Crippen LogP) is 2.34. The zero-order valence-electron chi connectivity index (χ0n) is 9.26. The van der Waals surface area contributed by atoms with Crippen LogP contribution in [0, 0.1) is 0 Å². The van der Waals surface area contributed by atoms with E-state index in [-0.39, 0.29) is 5.57 Å². The van der Waals surface area contributed by atoms with Crippen LogP contribution in [0.5, 0.6) is 0 Å². The van der Waals surface area contributed by atoms with Gasteiger partial charge in [0.1, 0.15) is 0 Å². The maximum Gasteiger partial charge on any atom is 0.339 e. The molecule has 0 radical (unpaired) electrons. The minimum Gasteiger partial charge on any atom is -0.477 e. The fraction of sp³-hybridized carbons (Fsp3) is 0.600. The number of aliphatic carboxylic acids is 1. The van der Waals surface area contributed by atoms with Crippen molar-refractivity contribution in [2.24, 2.45) is 0 Å². The Morgan fingerprint density at radius 1 is 1.50 bits per heavy atom. The summed E-state index contributed by atoms with van der Waals surface area (Å²) in [4.78, 5) is 10.5. The van der Waals surface area contributed by atoms with E-state index in [1.807, 2.05) is 5.70 Å². The Labute approximate surface area is 86.2 Å². The number of carbonyl (C=O) groups is 1. The fourth-order valence-corrected chi connectivity index (χ4v) is 3.19. The molecule has 80 valence electrons. The van der Waals surface area contributed by atoms with Gasteiger partial charge in [0, 0.05) is 7.11 Å². The van der Waals surface area contributed by atoms with E-state index in [4.69, 9.17) is 9.53 Å². The third kappa shape index (κ3) is 3.50. The zero-order chi connectivity index (χ0) is 11.2. The highest BCUT2D eigenvalue weighted by Crippen LogP contribution is 2.16. The van der Waals surface area contributed by atoms with E-state index in [1.54, 1.807) is 14.0 Å². The summed E-state index contributed by atoms with van der Waals surface area (Å²) in [5.41, 5.74) is 4.89. The molecular formula is C10H18O3Si. The van der Waals surface area contributed by atoms with E-state index >= 15 is 0 Å². The second kappa shape index (κ2) is 5.80. The molecule has 0 aliphatic heterocycles. The van der Waals surface area contributed by atoms with Crippen LogP contribution in [0.2, 0.25) is 12.1 Å². The lowest BCUT2D eigenvalue weighted by atomic mass is 10.3. The Bertz CT molecular complexity index is 252. The van der Waals surface area contributed by atoms with Gasteiger partial charge in [0.25, 0.3) is 0 Å². The first-order chi connectivity index (χ1) is 6.51. The van der Waals surface area contributed by atoms with Crippen molar-refractivity contribution in [1.82, 2.24) is 0 Å². The standard InChI is InChI=1S/C10H18O3Si/c1-5-14(6-2,13-4)8-7-9(3)10(11)12/h8H,5-6H2,1-4H3,(H,11,12). The van der Waals surface area contributed by atoms with Crippen LogP contribution in [-0.4, -0.2) is 26.5 Å². The summed E-state index contributed by atoms with van der Waals surface area (Å²) < 4.78 is 5.48. The molecule has 14 heavy (non-hydrogen) atoms. The minimum atomic E-state index is -1.85. The van der Waals surface area contributed by atoms with Crippen LogP contribution < -0.4 is 0 Å². The van der Waals surface area contributed by atoms with Crippen LogP contribution >= 0.6 is 0 Å². The maximum atomic E-state index is 10.5. The van der Waals surface area contributed by atoms with Crippen molar-refractivity contribution in [2.45, 2.75) is 32.9 Å². The van der Waals surface area contributed by atoms with Crippen LogP contribution in [0.25, 0.3) is 0 Å². The molecular weight excluding hydrogens is 196 g/mol. The molecule has 0 unspecified atom stereocenters. The summed E-state index contributed by atoms with van der Waals surface area (Å²) in [6, 6.07) is 1.89. The lowest BCUT2D eigenvalue weighted by Gasteiger charge is -2.21. The fourth-order valence-electron chi connectivity index (χ4n) is 1.10. The number of carboxylic acid groups (broad SMARTS) is 1. The third-order valence-corrected chi connectivity index (χ3v) is 6.35. The van der Waals surface area contributed by atoms with Gasteiger partial charge in [0.05, 0.1) is 5.57 Å². The molecule has 0 heterocycles. The molecule has 0 saturated carbocycles. The van der Waals surface area contributed by atoms with E-state index < -0.39 is 14.3 Å². The summed E-state index contributed by atoms with van der Waals surface area (Å²) in [6.45, 7) is 5.67. The van der Waals surface area contributed by atoms with Crippen LogP contribution in [0.3, 0.4) is 0 Å². The van der Waals surface area contributed by atoms with Gasteiger partial charge < -0.3 is 9.53 Å². The van der Waals surface area contributed by atoms with Crippen molar-refractivity contribution in [1.29, 1.82) is 0 Å². The van der Waals surface area contributed by atoms with Crippen molar-refractivity contribution < 1.29 is 14.3 Å². The summed E-state index contributed by atoms with van der Waals surface area (Å²) in [7, 11) is -0.158. The van der Waals surface area contributed by atoms with E-state index in [0.717, 1.165) is 12.1 Å². The smallest absolute Gasteiger partial charge is 0.339 e. The molecule has 0 aliphatic carbocycles. The largest absolute Gasteiger partial charge is 0.477 e. The lowest BCUT2D eigenvalue weighted by Crippen LogP contribution is -2.32. The topological polar surface area (TPSA) is 46.5 Å². The Kier molecular flexibility index (Phi) is 5.46. The van der Waals surface area contributed by atoms with E-state index in [1.165, 1.54) is 0 Å². The molecule has 0 saturated heterocycles. The molecule has 3 nitrogen and oxygen atoms in total. The summed E-state index contributed by atoms with van der Waals surface area (Å²) in [5.74, 6) is -0.924. The van der Waals surface area contributed by atoms with Gasteiger partial charge in [-0.2, -0.15) is 0 Å². The maximum absolute atomic E-state index is 10.5. The first kappa shape index (κ1) is 13.2. The first-order valence-corrected chi connectivity index (χ1v) is 7.14. The van der Waals surface area contributed by atoms with Crippen molar-refractivity contribution >= 4 is 14.3 Å². The van der Waals surface area contributed by atoms with E-state index in [0.29, 0.717) is 0 Å². The zero-order valence-corrected chi connectivity index (χ0v) is 10.3. The van der Waals surface area contributed by atoms with Gasteiger partial charge in [0.2, 0.25) is 8.32 Å². The van der Waals surface area contributed by atoms with E-state index in [2.05, 4.69) is 19.6 Å². The average Bonchev–Trinajstić information content (AvgIpc) is 2.20. The van der Waals surface area contributed by atoms with Gasteiger partial charge >= 0.3 is 5.97 Å². The predicted molar refractivity (Wildman–Crippen MR) is 58.6 cm³/mol. The SMILES string of the molecule is CC[Si](C=C=C(C)C(=O)O)(CC)OC. The van der Waals surface area contributed by atoms with Crippen molar-refractivity contribution in [3.63, 3.8) is 0 Å².